The molecule has 0 spiro atoms. The summed E-state index contributed by atoms with van der Waals surface area (Å²) in [5.41, 5.74) is 6.09. The number of rotatable bonds is 9. The molecular formula is C14H31N3. The van der Waals surface area contributed by atoms with Crippen molar-refractivity contribution in [3.8, 4) is 0 Å². The van der Waals surface area contributed by atoms with Gasteiger partial charge in [-0.25, -0.2) is 0 Å². The normalized spacial score (nSPS) is 20.3. The van der Waals surface area contributed by atoms with Crippen molar-refractivity contribution < 1.29 is 0 Å². The van der Waals surface area contributed by atoms with Crippen molar-refractivity contribution in [2.45, 2.75) is 52.0 Å². The minimum atomic E-state index is 0.151. The van der Waals surface area contributed by atoms with Crippen molar-refractivity contribution >= 4 is 0 Å². The Morgan fingerprint density at radius 1 is 1.29 bits per heavy atom. The molecule has 1 atom stereocenters. The maximum absolute atomic E-state index is 5.94. The molecule has 0 bridgehead atoms. The van der Waals surface area contributed by atoms with Crippen molar-refractivity contribution in [2.75, 3.05) is 32.7 Å². The Kier molecular flexibility index (Phi) is 6.45. The van der Waals surface area contributed by atoms with Crippen LogP contribution in [-0.4, -0.2) is 43.2 Å². The van der Waals surface area contributed by atoms with Gasteiger partial charge in [0.25, 0.3) is 0 Å². The molecular weight excluding hydrogens is 210 g/mol. The second-order valence-electron chi connectivity index (χ2n) is 5.72. The first-order valence-corrected chi connectivity index (χ1v) is 7.31. The van der Waals surface area contributed by atoms with E-state index < -0.39 is 0 Å². The summed E-state index contributed by atoms with van der Waals surface area (Å²) in [6.45, 7) is 11.9. The zero-order chi connectivity index (χ0) is 12.7. The number of hydrogen-bond acceptors (Lipinski definition) is 3. The second kappa shape index (κ2) is 7.34. The van der Waals surface area contributed by atoms with Crippen LogP contribution in [0.3, 0.4) is 0 Å². The van der Waals surface area contributed by atoms with Crippen molar-refractivity contribution in [3.63, 3.8) is 0 Å². The molecule has 0 aromatic carbocycles. The van der Waals surface area contributed by atoms with E-state index in [2.05, 4.69) is 31.0 Å². The van der Waals surface area contributed by atoms with Gasteiger partial charge in [-0.05, 0) is 32.4 Å². The van der Waals surface area contributed by atoms with Crippen molar-refractivity contribution in [2.24, 2.45) is 11.7 Å². The van der Waals surface area contributed by atoms with Crippen LogP contribution in [0.15, 0.2) is 0 Å². The monoisotopic (exact) mass is 241 g/mol. The smallest absolute Gasteiger partial charge is 0.0278 e. The van der Waals surface area contributed by atoms with Gasteiger partial charge in [0.1, 0.15) is 0 Å². The Morgan fingerprint density at radius 2 is 1.94 bits per heavy atom. The summed E-state index contributed by atoms with van der Waals surface area (Å²) < 4.78 is 0. The number of likely N-dealkylation sites (N-methyl/N-ethyl adjacent to an activating group) is 1. The Labute approximate surface area is 107 Å². The van der Waals surface area contributed by atoms with Crippen LogP contribution in [0.25, 0.3) is 0 Å². The minimum absolute atomic E-state index is 0.151. The maximum Gasteiger partial charge on any atom is 0.0278 e. The lowest BCUT2D eigenvalue weighted by molar-refractivity contribution is 0.199. The largest absolute Gasteiger partial charge is 0.329 e. The van der Waals surface area contributed by atoms with Gasteiger partial charge in [0, 0.05) is 25.2 Å². The van der Waals surface area contributed by atoms with Gasteiger partial charge in [-0.3, -0.25) is 0 Å². The first-order chi connectivity index (χ1) is 8.13. The number of nitrogens with one attached hydrogen (secondary N) is 1. The van der Waals surface area contributed by atoms with E-state index in [-0.39, 0.29) is 5.54 Å². The molecule has 102 valence electrons. The second-order valence-corrected chi connectivity index (χ2v) is 5.72. The molecule has 0 aromatic rings. The molecule has 1 rings (SSSR count). The molecule has 0 heterocycles. The van der Waals surface area contributed by atoms with Crippen molar-refractivity contribution in [1.82, 2.24) is 10.2 Å². The summed E-state index contributed by atoms with van der Waals surface area (Å²) in [5, 5.41) is 3.68. The van der Waals surface area contributed by atoms with Gasteiger partial charge in [-0.1, -0.05) is 33.1 Å². The predicted molar refractivity (Wildman–Crippen MR) is 75.2 cm³/mol. The van der Waals surface area contributed by atoms with Crippen LogP contribution in [0, 0.1) is 5.92 Å². The molecule has 1 fully saturated rings. The molecule has 1 unspecified atom stereocenters. The van der Waals surface area contributed by atoms with Crippen LogP contribution in [0.1, 0.15) is 46.5 Å². The van der Waals surface area contributed by atoms with Crippen LogP contribution >= 0.6 is 0 Å². The highest BCUT2D eigenvalue weighted by atomic mass is 15.1. The molecule has 1 aliphatic rings. The molecule has 3 N–H and O–H groups in total. The van der Waals surface area contributed by atoms with E-state index in [0.717, 1.165) is 38.6 Å². The average molecular weight is 241 g/mol. The van der Waals surface area contributed by atoms with E-state index in [4.69, 9.17) is 5.73 Å². The van der Waals surface area contributed by atoms with Crippen molar-refractivity contribution in [1.29, 1.82) is 0 Å². The van der Waals surface area contributed by atoms with E-state index in [9.17, 15) is 0 Å². The van der Waals surface area contributed by atoms with Crippen LogP contribution in [-0.2, 0) is 0 Å². The number of hydrogen-bond donors (Lipinski definition) is 2. The molecule has 0 aliphatic heterocycles. The summed E-state index contributed by atoms with van der Waals surface area (Å²) >= 11 is 0. The fourth-order valence-electron chi connectivity index (χ4n) is 2.62. The molecule has 17 heavy (non-hydrogen) atoms. The van der Waals surface area contributed by atoms with Crippen LogP contribution in [0.2, 0.25) is 0 Å². The zero-order valence-electron chi connectivity index (χ0n) is 12.0. The van der Waals surface area contributed by atoms with Gasteiger partial charge in [0.2, 0.25) is 0 Å². The van der Waals surface area contributed by atoms with E-state index in [1.165, 1.54) is 25.7 Å². The summed E-state index contributed by atoms with van der Waals surface area (Å²) in [7, 11) is 0. The van der Waals surface area contributed by atoms with Crippen molar-refractivity contribution in [3.05, 3.63) is 0 Å². The lowest BCUT2D eigenvalue weighted by Crippen LogP contribution is -2.52. The van der Waals surface area contributed by atoms with Gasteiger partial charge in [0.05, 0.1) is 0 Å². The first-order valence-electron chi connectivity index (χ1n) is 7.31. The minimum Gasteiger partial charge on any atom is -0.329 e. The summed E-state index contributed by atoms with van der Waals surface area (Å²) in [5.74, 6) is 0.921. The molecule has 0 amide bonds. The highest BCUT2D eigenvalue weighted by molar-refractivity contribution is 4.89. The van der Waals surface area contributed by atoms with Gasteiger partial charge < -0.3 is 16.0 Å². The van der Waals surface area contributed by atoms with E-state index in [0.29, 0.717) is 0 Å². The molecule has 3 heteroatoms. The fourth-order valence-corrected chi connectivity index (χ4v) is 2.62. The van der Waals surface area contributed by atoms with Gasteiger partial charge in [0.15, 0.2) is 0 Å². The molecule has 1 saturated carbocycles. The van der Waals surface area contributed by atoms with E-state index in [1.54, 1.807) is 0 Å². The maximum atomic E-state index is 5.94. The summed E-state index contributed by atoms with van der Waals surface area (Å²) in [6.07, 6.45) is 5.49. The topological polar surface area (TPSA) is 41.3 Å². The zero-order valence-corrected chi connectivity index (χ0v) is 12.0. The van der Waals surface area contributed by atoms with Gasteiger partial charge >= 0.3 is 0 Å². The number of nitrogens with zero attached hydrogens (tertiary/aromatic N) is 1. The first kappa shape index (κ1) is 14.9. The van der Waals surface area contributed by atoms with E-state index in [1.807, 2.05) is 0 Å². The van der Waals surface area contributed by atoms with Crippen LogP contribution in [0.5, 0.6) is 0 Å². The van der Waals surface area contributed by atoms with Crippen LogP contribution in [0.4, 0.5) is 0 Å². The lowest BCUT2D eigenvalue weighted by Gasteiger charge is -2.37. The standard InChI is InChI=1S/C14H31N3/c1-4-17(5-2)10-9-16-14(3,12-15)11-13-7-6-8-13/h13,16H,4-12,15H2,1-3H3. The molecule has 3 nitrogen and oxygen atoms in total. The quantitative estimate of drug-likeness (QED) is 0.647. The molecule has 0 saturated heterocycles. The SMILES string of the molecule is CCN(CC)CCNC(C)(CN)CC1CCC1. The Morgan fingerprint density at radius 3 is 2.35 bits per heavy atom. The summed E-state index contributed by atoms with van der Waals surface area (Å²) in [4.78, 5) is 2.45. The van der Waals surface area contributed by atoms with Gasteiger partial charge in [-0.15, -0.1) is 0 Å². The highest BCUT2D eigenvalue weighted by Crippen LogP contribution is 2.33. The Bertz CT molecular complexity index is 200. The molecule has 0 radical (unpaired) electrons. The Hall–Kier alpha value is -0.120. The average Bonchev–Trinajstić information content (AvgIpc) is 2.30. The molecule has 0 aromatic heterocycles. The predicted octanol–water partition coefficient (Wildman–Crippen LogP) is 1.83. The summed E-state index contributed by atoms with van der Waals surface area (Å²) in [6, 6.07) is 0. The fraction of sp³-hybridized carbons (Fsp3) is 1.00. The Balaban J connectivity index is 2.24. The third-order valence-corrected chi connectivity index (χ3v) is 4.29. The highest BCUT2D eigenvalue weighted by Gasteiger charge is 2.29. The lowest BCUT2D eigenvalue weighted by atomic mass is 9.76. The molecule has 1 aliphatic carbocycles. The third-order valence-electron chi connectivity index (χ3n) is 4.29. The van der Waals surface area contributed by atoms with Crippen LogP contribution < -0.4 is 11.1 Å². The third kappa shape index (κ3) is 4.94. The van der Waals surface area contributed by atoms with E-state index >= 15 is 0 Å². The van der Waals surface area contributed by atoms with Gasteiger partial charge in [-0.2, -0.15) is 0 Å². The number of nitrogens with two attached hydrogens (primary N) is 1.